The third kappa shape index (κ3) is 6.46. The molecule has 0 saturated heterocycles. The zero-order valence-electron chi connectivity index (χ0n) is 8.80. The summed E-state index contributed by atoms with van der Waals surface area (Å²) in [6, 6.07) is 10.4. The van der Waals surface area contributed by atoms with Gasteiger partial charge in [0.2, 0.25) is 0 Å². The van der Waals surface area contributed by atoms with Crippen LogP contribution in [0.25, 0.3) is 0 Å². The SMILES string of the molecule is O=Cc1ccccn1.O=Cc1ccccn1.[Pd]. The van der Waals surface area contributed by atoms with Crippen molar-refractivity contribution in [1.82, 2.24) is 9.97 Å². The zero-order valence-corrected chi connectivity index (χ0v) is 10.4. The van der Waals surface area contributed by atoms with E-state index < -0.39 is 0 Å². The molecular weight excluding hydrogens is 311 g/mol. The predicted molar refractivity (Wildman–Crippen MR) is 59.2 cm³/mol. The normalized spacial score (nSPS) is 8.00. The van der Waals surface area contributed by atoms with Gasteiger partial charge >= 0.3 is 0 Å². The Morgan fingerprint density at radius 3 is 1.35 bits per heavy atom. The molecule has 0 amide bonds. The van der Waals surface area contributed by atoms with Crippen molar-refractivity contribution in [3.8, 4) is 0 Å². The Labute approximate surface area is 113 Å². The van der Waals surface area contributed by atoms with Crippen LogP contribution in [0, 0.1) is 0 Å². The van der Waals surface area contributed by atoms with Gasteiger partial charge in [0.05, 0.1) is 0 Å². The van der Waals surface area contributed by atoms with Gasteiger partial charge in [-0.15, -0.1) is 0 Å². The molecule has 0 bridgehead atoms. The van der Waals surface area contributed by atoms with Crippen molar-refractivity contribution in [3.05, 3.63) is 60.2 Å². The van der Waals surface area contributed by atoms with Crippen molar-refractivity contribution in [3.63, 3.8) is 0 Å². The molecule has 90 valence electrons. The number of carbonyl (C=O) groups excluding carboxylic acids is 2. The summed E-state index contributed by atoms with van der Waals surface area (Å²) in [6.07, 6.45) is 4.62. The Bertz CT molecular complexity index is 391. The summed E-state index contributed by atoms with van der Waals surface area (Å²) in [7, 11) is 0. The van der Waals surface area contributed by atoms with E-state index in [4.69, 9.17) is 0 Å². The minimum absolute atomic E-state index is 0. The van der Waals surface area contributed by atoms with Crippen LogP contribution in [-0.2, 0) is 20.4 Å². The number of rotatable bonds is 2. The van der Waals surface area contributed by atoms with Gasteiger partial charge in [-0.1, -0.05) is 12.1 Å². The molecule has 0 radical (unpaired) electrons. The summed E-state index contributed by atoms with van der Waals surface area (Å²) < 4.78 is 0. The van der Waals surface area contributed by atoms with Crippen molar-refractivity contribution >= 4 is 12.6 Å². The first-order chi connectivity index (χ1) is 7.86. The van der Waals surface area contributed by atoms with Gasteiger partial charge in [0, 0.05) is 32.8 Å². The van der Waals surface area contributed by atoms with Crippen molar-refractivity contribution in [1.29, 1.82) is 0 Å². The quantitative estimate of drug-likeness (QED) is 0.625. The Balaban J connectivity index is 0.000000284. The number of pyridine rings is 2. The maximum Gasteiger partial charge on any atom is 0.168 e. The van der Waals surface area contributed by atoms with E-state index in [0.29, 0.717) is 11.4 Å². The molecule has 0 saturated carbocycles. The zero-order chi connectivity index (χ0) is 11.6. The number of aldehydes is 2. The average molecular weight is 321 g/mol. The second kappa shape index (κ2) is 9.52. The Hall–Kier alpha value is -1.70. The minimum Gasteiger partial charge on any atom is -0.296 e. The summed E-state index contributed by atoms with van der Waals surface area (Å²) in [4.78, 5) is 27.3. The molecule has 0 aromatic carbocycles. The Kier molecular flexibility index (Phi) is 8.57. The summed E-state index contributed by atoms with van der Waals surface area (Å²) >= 11 is 0. The van der Waals surface area contributed by atoms with Crippen LogP contribution in [0.1, 0.15) is 21.0 Å². The van der Waals surface area contributed by atoms with E-state index in [2.05, 4.69) is 9.97 Å². The van der Waals surface area contributed by atoms with Crippen LogP contribution in [0.3, 0.4) is 0 Å². The summed E-state index contributed by atoms with van der Waals surface area (Å²) in [5.41, 5.74) is 0.958. The molecule has 17 heavy (non-hydrogen) atoms. The summed E-state index contributed by atoms with van der Waals surface area (Å²) in [5.74, 6) is 0. The second-order valence-corrected chi connectivity index (χ2v) is 2.74. The molecule has 2 heterocycles. The number of aromatic nitrogens is 2. The van der Waals surface area contributed by atoms with Gasteiger partial charge in [0.25, 0.3) is 0 Å². The number of hydrogen-bond acceptors (Lipinski definition) is 4. The second-order valence-electron chi connectivity index (χ2n) is 2.74. The number of hydrogen-bond donors (Lipinski definition) is 0. The maximum absolute atomic E-state index is 9.94. The first-order valence-corrected chi connectivity index (χ1v) is 4.59. The van der Waals surface area contributed by atoms with Crippen molar-refractivity contribution < 1.29 is 30.0 Å². The van der Waals surface area contributed by atoms with Crippen LogP contribution in [-0.4, -0.2) is 22.5 Å². The fourth-order valence-corrected chi connectivity index (χ4v) is 0.891. The fraction of sp³-hybridized carbons (Fsp3) is 0. The third-order valence-electron chi connectivity index (χ3n) is 1.62. The smallest absolute Gasteiger partial charge is 0.168 e. The third-order valence-corrected chi connectivity index (χ3v) is 1.62. The molecule has 0 aliphatic heterocycles. The van der Waals surface area contributed by atoms with Crippen LogP contribution in [0.15, 0.2) is 48.8 Å². The molecule has 0 spiro atoms. The molecule has 0 unspecified atom stereocenters. The van der Waals surface area contributed by atoms with Crippen LogP contribution in [0.4, 0.5) is 0 Å². The first-order valence-electron chi connectivity index (χ1n) is 4.59. The standard InChI is InChI=1S/2C6H5NO.Pd/c2*8-5-6-3-1-2-4-7-6;/h2*1-5H;. The maximum atomic E-state index is 9.94. The first kappa shape index (κ1) is 15.3. The van der Waals surface area contributed by atoms with Gasteiger partial charge in [-0.05, 0) is 24.3 Å². The molecule has 4 nitrogen and oxygen atoms in total. The van der Waals surface area contributed by atoms with Crippen molar-refractivity contribution in [2.24, 2.45) is 0 Å². The van der Waals surface area contributed by atoms with Gasteiger partial charge < -0.3 is 0 Å². The molecule has 2 rings (SSSR count). The van der Waals surface area contributed by atoms with Crippen LogP contribution in [0.2, 0.25) is 0 Å². The Morgan fingerprint density at radius 2 is 1.18 bits per heavy atom. The molecule has 5 heteroatoms. The minimum atomic E-state index is 0. The van der Waals surface area contributed by atoms with E-state index >= 15 is 0 Å². The van der Waals surface area contributed by atoms with Gasteiger partial charge in [0.15, 0.2) is 12.6 Å². The summed E-state index contributed by atoms with van der Waals surface area (Å²) in [6.45, 7) is 0. The van der Waals surface area contributed by atoms with Gasteiger partial charge in [-0.2, -0.15) is 0 Å². The number of nitrogens with zero attached hydrogens (tertiary/aromatic N) is 2. The topological polar surface area (TPSA) is 59.9 Å². The van der Waals surface area contributed by atoms with E-state index in [1.54, 1.807) is 48.8 Å². The molecule has 0 aliphatic carbocycles. The molecule has 0 aliphatic rings. The number of carbonyl (C=O) groups is 2. The van der Waals surface area contributed by atoms with Crippen molar-refractivity contribution in [2.75, 3.05) is 0 Å². The van der Waals surface area contributed by atoms with E-state index in [1.165, 1.54) is 0 Å². The van der Waals surface area contributed by atoms with Crippen LogP contribution < -0.4 is 0 Å². The molecule has 2 aromatic heterocycles. The predicted octanol–water partition coefficient (Wildman–Crippen LogP) is 1.79. The van der Waals surface area contributed by atoms with Gasteiger partial charge in [-0.3, -0.25) is 19.6 Å². The van der Waals surface area contributed by atoms with Gasteiger partial charge in [0.1, 0.15) is 11.4 Å². The monoisotopic (exact) mass is 320 g/mol. The van der Waals surface area contributed by atoms with Crippen LogP contribution >= 0.6 is 0 Å². The van der Waals surface area contributed by atoms with E-state index in [9.17, 15) is 9.59 Å². The average Bonchev–Trinajstić information content (AvgIpc) is 2.41. The fourth-order valence-electron chi connectivity index (χ4n) is 0.891. The van der Waals surface area contributed by atoms with E-state index in [1.807, 2.05) is 0 Å². The van der Waals surface area contributed by atoms with Crippen molar-refractivity contribution in [2.45, 2.75) is 0 Å². The summed E-state index contributed by atoms with van der Waals surface area (Å²) in [5, 5.41) is 0. The molecule has 0 atom stereocenters. The van der Waals surface area contributed by atoms with E-state index in [-0.39, 0.29) is 20.4 Å². The molecular formula is C12H10N2O2Pd. The molecule has 2 aromatic rings. The van der Waals surface area contributed by atoms with Gasteiger partial charge in [-0.25, -0.2) is 0 Å². The largest absolute Gasteiger partial charge is 0.296 e. The van der Waals surface area contributed by atoms with Crippen LogP contribution in [0.5, 0.6) is 0 Å². The Morgan fingerprint density at radius 1 is 0.765 bits per heavy atom. The molecule has 0 fully saturated rings. The van der Waals surface area contributed by atoms with E-state index in [0.717, 1.165) is 12.6 Å². The molecule has 0 N–H and O–H groups in total.